The van der Waals surface area contributed by atoms with Gasteiger partial charge in [0.2, 0.25) is 5.91 Å². The minimum absolute atomic E-state index is 0.202. The highest BCUT2D eigenvalue weighted by atomic mass is 16.1. The Labute approximate surface area is 117 Å². The molecule has 1 unspecified atom stereocenters. The van der Waals surface area contributed by atoms with E-state index < -0.39 is 0 Å². The molecule has 0 aromatic rings. The molecule has 1 heterocycles. The van der Waals surface area contributed by atoms with Crippen molar-refractivity contribution < 1.29 is 4.79 Å². The van der Waals surface area contributed by atoms with Crippen LogP contribution in [0.25, 0.3) is 0 Å². The van der Waals surface area contributed by atoms with Crippen molar-refractivity contribution in [2.24, 2.45) is 5.73 Å². The SMILES string of the molecule is CC(C)NC(CCN1CCC(N(C)C)CC1)C(N)=O. The first-order valence-electron chi connectivity index (χ1n) is 7.34. The van der Waals surface area contributed by atoms with Crippen molar-refractivity contribution in [2.45, 2.75) is 51.2 Å². The molecule has 19 heavy (non-hydrogen) atoms. The smallest absolute Gasteiger partial charge is 0.234 e. The third-order valence-electron chi connectivity index (χ3n) is 3.90. The summed E-state index contributed by atoms with van der Waals surface area (Å²) in [4.78, 5) is 16.1. The summed E-state index contributed by atoms with van der Waals surface area (Å²) in [6.45, 7) is 7.27. The van der Waals surface area contributed by atoms with Gasteiger partial charge in [-0.15, -0.1) is 0 Å². The molecule has 0 radical (unpaired) electrons. The van der Waals surface area contributed by atoms with Crippen molar-refractivity contribution in [3.63, 3.8) is 0 Å². The van der Waals surface area contributed by atoms with Gasteiger partial charge in [0.15, 0.2) is 0 Å². The number of nitrogens with zero attached hydrogens (tertiary/aromatic N) is 2. The lowest BCUT2D eigenvalue weighted by atomic mass is 10.0. The molecule has 5 nitrogen and oxygen atoms in total. The lowest BCUT2D eigenvalue weighted by Crippen LogP contribution is -2.48. The minimum Gasteiger partial charge on any atom is -0.368 e. The standard InChI is InChI=1S/C14H30N4O/c1-11(2)16-13(14(15)19)7-10-18-8-5-12(6-9-18)17(3)4/h11-13,16H,5-10H2,1-4H3,(H2,15,19). The number of nitrogens with two attached hydrogens (primary N) is 1. The Bertz CT molecular complexity index is 273. The molecule has 1 aliphatic heterocycles. The molecule has 1 aliphatic rings. The van der Waals surface area contributed by atoms with E-state index in [4.69, 9.17) is 5.73 Å². The minimum atomic E-state index is -0.239. The Hall–Kier alpha value is -0.650. The quantitative estimate of drug-likeness (QED) is 0.696. The molecule has 3 N–H and O–H groups in total. The first kappa shape index (κ1) is 16.4. The first-order valence-corrected chi connectivity index (χ1v) is 7.34. The van der Waals surface area contributed by atoms with E-state index in [1.165, 1.54) is 12.8 Å². The van der Waals surface area contributed by atoms with Crippen LogP contribution in [0.1, 0.15) is 33.1 Å². The fraction of sp³-hybridized carbons (Fsp3) is 0.929. The van der Waals surface area contributed by atoms with E-state index in [0.717, 1.165) is 26.1 Å². The monoisotopic (exact) mass is 270 g/mol. The van der Waals surface area contributed by atoms with Gasteiger partial charge in [0, 0.05) is 18.6 Å². The maximum Gasteiger partial charge on any atom is 0.234 e. The lowest BCUT2D eigenvalue weighted by Gasteiger charge is -2.35. The summed E-state index contributed by atoms with van der Waals surface area (Å²) in [6, 6.07) is 0.792. The van der Waals surface area contributed by atoms with Crippen molar-refractivity contribution >= 4 is 5.91 Å². The molecular formula is C14H30N4O. The number of primary amides is 1. The Morgan fingerprint density at radius 2 is 1.95 bits per heavy atom. The topological polar surface area (TPSA) is 61.6 Å². The Morgan fingerprint density at radius 1 is 1.37 bits per heavy atom. The second kappa shape index (κ2) is 7.82. The van der Waals surface area contributed by atoms with Gasteiger partial charge in [0.25, 0.3) is 0 Å². The molecular weight excluding hydrogens is 240 g/mol. The van der Waals surface area contributed by atoms with Gasteiger partial charge >= 0.3 is 0 Å². The van der Waals surface area contributed by atoms with E-state index in [0.29, 0.717) is 6.04 Å². The van der Waals surface area contributed by atoms with Crippen molar-refractivity contribution in [1.29, 1.82) is 0 Å². The number of nitrogens with one attached hydrogen (secondary N) is 1. The van der Waals surface area contributed by atoms with Crippen LogP contribution >= 0.6 is 0 Å². The third kappa shape index (κ3) is 5.89. The van der Waals surface area contributed by atoms with Crippen molar-refractivity contribution in [1.82, 2.24) is 15.1 Å². The average molecular weight is 270 g/mol. The predicted octanol–water partition coefficient (Wildman–Crippen LogP) is 0.254. The molecule has 1 saturated heterocycles. The lowest BCUT2D eigenvalue weighted by molar-refractivity contribution is -0.120. The Balaban J connectivity index is 2.30. The van der Waals surface area contributed by atoms with E-state index in [2.05, 4.69) is 29.2 Å². The van der Waals surface area contributed by atoms with E-state index in [9.17, 15) is 4.79 Å². The summed E-state index contributed by atoms with van der Waals surface area (Å²) in [7, 11) is 4.30. The number of piperidine rings is 1. The fourth-order valence-corrected chi connectivity index (χ4v) is 2.68. The van der Waals surface area contributed by atoms with E-state index in [1.807, 2.05) is 13.8 Å². The zero-order valence-electron chi connectivity index (χ0n) is 12.9. The van der Waals surface area contributed by atoms with Gasteiger partial charge in [-0.25, -0.2) is 0 Å². The molecule has 112 valence electrons. The predicted molar refractivity (Wildman–Crippen MR) is 79.0 cm³/mol. The van der Waals surface area contributed by atoms with Crippen LogP contribution in [0.2, 0.25) is 0 Å². The van der Waals surface area contributed by atoms with Crippen LogP contribution in [0.15, 0.2) is 0 Å². The van der Waals surface area contributed by atoms with Crippen LogP contribution in [-0.2, 0) is 4.79 Å². The summed E-state index contributed by atoms with van der Waals surface area (Å²) in [5.74, 6) is -0.239. The summed E-state index contributed by atoms with van der Waals surface area (Å²) in [5.41, 5.74) is 5.44. The molecule has 0 aliphatic carbocycles. The second-order valence-electron chi connectivity index (χ2n) is 6.10. The van der Waals surface area contributed by atoms with E-state index in [-0.39, 0.29) is 18.0 Å². The molecule has 0 saturated carbocycles. The van der Waals surface area contributed by atoms with Gasteiger partial charge in [-0.3, -0.25) is 4.79 Å². The highest BCUT2D eigenvalue weighted by Gasteiger charge is 2.22. The molecule has 5 heteroatoms. The number of rotatable bonds is 7. The molecule has 0 spiro atoms. The van der Waals surface area contributed by atoms with Gasteiger partial charge < -0.3 is 20.9 Å². The highest BCUT2D eigenvalue weighted by Crippen LogP contribution is 2.14. The number of hydrogen-bond acceptors (Lipinski definition) is 4. The number of hydrogen-bond donors (Lipinski definition) is 2. The average Bonchev–Trinajstić information content (AvgIpc) is 2.34. The molecule has 0 aromatic heterocycles. The second-order valence-corrected chi connectivity index (χ2v) is 6.10. The van der Waals surface area contributed by atoms with Gasteiger partial charge in [0.1, 0.15) is 0 Å². The summed E-state index contributed by atoms with van der Waals surface area (Å²) in [6.07, 6.45) is 3.23. The van der Waals surface area contributed by atoms with Crippen LogP contribution in [0.5, 0.6) is 0 Å². The molecule has 1 fully saturated rings. The maximum absolute atomic E-state index is 11.4. The van der Waals surface area contributed by atoms with Gasteiger partial charge in [-0.2, -0.15) is 0 Å². The Kier molecular flexibility index (Phi) is 6.75. The third-order valence-corrected chi connectivity index (χ3v) is 3.90. The van der Waals surface area contributed by atoms with Crippen molar-refractivity contribution in [3.05, 3.63) is 0 Å². The summed E-state index contributed by atoms with van der Waals surface area (Å²) >= 11 is 0. The number of carbonyl (C=O) groups is 1. The van der Waals surface area contributed by atoms with Crippen molar-refractivity contribution in [3.8, 4) is 0 Å². The van der Waals surface area contributed by atoms with E-state index >= 15 is 0 Å². The van der Waals surface area contributed by atoms with Crippen LogP contribution in [0.4, 0.5) is 0 Å². The molecule has 1 rings (SSSR count). The van der Waals surface area contributed by atoms with Crippen molar-refractivity contribution in [2.75, 3.05) is 33.7 Å². The van der Waals surface area contributed by atoms with Gasteiger partial charge in [-0.05, 0) is 46.4 Å². The zero-order valence-corrected chi connectivity index (χ0v) is 12.9. The largest absolute Gasteiger partial charge is 0.368 e. The molecule has 1 atom stereocenters. The number of carbonyl (C=O) groups excluding carboxylic acids is 1. The fourth-order valence-electron chi connectivity index (χ4n) is 2.68. The molecule has 0 aromatic carbocycles. The summed E-state index contributed by atoms with van der Waals surface area (Å²) in [5, 5.41) is 3.24. The van der Waals surface area contributed by atoms with Gasteiger partial charge in [-0.1, -0.05) is 13.8 Å². The molecule has 1 amide bonds. The van der Waals surface area contributed by atoms with Crippen LogP contribution in [-0.4, -0.2) is 67.6 Å². The Morgan fingerprint density at radius 3 is 2.37 bits per heavy atom. The van der Waals surface area contributed by atoms with Gasteiger partial charge in [0.05, 0.1) is 6.04 Å². The van der Waals surface area contributed by atoms with Crippen LogP contribution < -0.4 is 11.1 Å². The highest BCUT2D eigenvalue weighted by molar-refractivity contribution is 5.79. The van der Waals surface area contributed by atoms with Crippen LogP contribution in [0, 0.1) is 0 Å². The normalized spacial score (nSPS) is 20.1. The van der Waals surface area contributed by atoms with Crippen LogP contribution in [0.3, 0.4) is 0 Å². The van der Waals surface area contributed by atoms with E-state index in [1.54, 1.807) is 0 Å². The summed E-state index contributed by atoms with van der Waals surface area (Å²) < 4.78 is 0. The maximum atomic E-state index is 11.4. The molecule has 0 bridgehead atoms. The number of amides is 1. The zero-order chi connectivity index (χ0) is 14.4. The first-order chi connectivity index (χ1) is 8.90. The number of likely N-dealkylation sites (tertiary alicyclic amines) is 1.